The Balaban J connectivity index is 1.74. The zero-order valence-corrected chi connectivity index (χ0v) is 14.6. The number of carbonyl (C=O) groups excluding carboxylic acids is 2. The number of rotatable bonds is 6. The van der Waals surface area contributed by atoms with E-state index in [9.17, 15) is 9.59 Å². The molecule has 0 saturated carbocycles. The largest absolute Gasteiger partial charge is 0.494 e. The summed E-state index contributed by atoms with van der Waals surface area (Å²) in [6, 6.07) is 16.5. The van der Waals surface area contributed by atoms with Gasteiger partial charge in [0.1, 0.15) is 18.4 Å². The van der Waals surface area contributed by atoms with Crippen LogP contribution in [0.15, 0.2) is 60.7 Å². The zero-order chi connectivity index (χ0) is 18.4. The van der Waals surface area contributed by atoms with Gasteiger partial charge in [0.2, 0.25) is 0 Å². The summed E-state index contributed by atoms with van der Waals surface area (Å²) in [5.74, 6) is 0.352. The molecule has 26 heavy (non-hydrogen) atoms. The average Bonchev–Trinajstić information content (AvgIpc) is 3.07. The third-order valence-electron chi connectivity index (χ3n) is 4.04. The highest BCUT2D eigenvalue weighted by molar-refractivity contribution is 6.02. The molecule has 0 N–H and O–H groups in total. The summed E-state index contributed by atoms with van der Waals surface area (Å²) in [6.45, 7) is 2.86. The van der Waals surface area contributed by atoms with Crippen molar-refractivity contribution in [1.29, 1.82) is 0 Å². The van der Waals surface area contributed by atoms with E-state index < -0.39 is 18.0 Å². The van der Waals surface area contributed by atoms with E-state index in [0.717, 1.165) is 28.2 Å². The van der Waals surface area contributed by atoms with Crippen LogP contribution in [-0.2, 0) is 9.53 Å². The first-order chi connectivity index (χ1) is 12.7. The van der Waals surface area contributed by atoms with E-state index in [1.807, 2.05) is 61.5 Å². The van der Waals surface area contributed by atoms with Crippen molar-refractivity contribution in [3.63, 3.8) is 0 Å². The maximum absolute atomic E-state index is 12.6. The summed E-state index contributed by atoms with van der Waals surface area (Å²) in [5, 5.41) is 0. The minimum absolute atomic E-state index is 0.169. The number of hydrogen-bond acceptors (Lipinski definition) is 4. The molecule has 3 rings (SSSR count). The second-order valence-electron chi connectivity index (χ2n) is 5.97. The third kappa shape index (κ3) is 4.11. The van der Waals surface area contributed by atoms with E-state index in [1.165, 1.54) is 6.08 Å². The standard InChI is InChI=1S/C21H21NO4/c1-2-13-25-18-10-6-7-16(14-18)11-12-20(23)22-19(15-26-21(22)24)17-8-4-3-5-9-17/h3-12,14,19H,2,13,15H2,1H3/t19-/m1/s1. The van der Waals surface area contributed by atoms with E-state index in [4.69, 9.17) is 9.47 Å². The molecule has 1 fully saturated rings. The third-order valence-corrected chi connectivity index (χ3v) is 4.04. The Morgan fingerprint density at radius 1 is 1.23 bits per heavy atom. The smallest absolute Gasteiger partial charge is 0.417 e. The Morgan fingerprint density at radius 3 is 2.81 bits per heavy atom. The summed E-state index contributed by atoms with van der Waals surface area (Å²) in [4.78, 5) is 25.7. The van der Waals surface area contributed by atoms with Crippen molar-refractivity contribution in [2.45, 2.75) is 19.4 Å². The lowest BCUT2D eigenvalue weighted by molar-refractivity contribution is -0.124. The van der Waals surface area contributed by atoms with Crippen molar-refractivity contribution in [1.82, 2.24) is 4.90 Å². The Morgan fingerprint density at radius 2 is 2.04 bits per heavy atom. The average molecular weight is 351 g/mol. The Labute approximate surface area is 152 Å². The molecule has 1 aliphatic rings. The molecular formula is C21H21NO4. The fraction of sp³-hybridized carbons (Fsp3) is 0.238. The first-order valence-electron chi connectivity index (χ1n) is 8.65. The van der Waals surface area contributed by atoms with Crippen molar-refractivity contribution >= 4 is 18.1 Å². The summed E-state index contributed by atoms with van der Waals surface area (Å²) < 4.78 is 10.7. The number of carbonyl (C=O) groups is 2. The lowest BCUT2D eigenvalue weighted by Crippen LogP contribution is -2.32. The van der Waals surface area contributed by atoms with Crippen LogP contribution in [0.1, 0.15) is 30.5 Å². The number of amides is 2. The van der Waals surface area contributed by atoms with Crippen molar-refractivity contribution in [2.24, 2.45) is 0 Å². The number of cyclic esters (lactones) is 1. The van der Waals surface area contributed by atoms with Gasteiger partial charge < -0.3 is 9.47 Å². The number of hydrogen-bond donors (Lipinski definition) is 0. The van der Waals surface area contributed by atoms with Crippen molar-refractivity contribution in [3.05, 3.63) is 71.8 Å². The van der Waals surface area contributed by atoms with Gasteiger partial charge in [-0.2, -0.15) is 0 Å². The van der Waals surface area contributed by atoms with Crippen LogP contribution >= 0.6 is 0 Å². The Hall–Kier alpha value is -3.08. The maximum Gasteiger partial charge on any atom is 0.417 e. The molecule has 0 radical (unpaired) electrons. The SMILES string of the molecule is CCCOc1cccc(C=CC(=O)N2C(=O)OC[C@@H]2c2ccccc2)c1. The minimum atomic E-state index is -0.617. The van der Waals surface area contributed by atoms with Gasteiger partial charge in [0.05, 0.1) is 6.61 Å². The number of imide groups is 1. The predicted octanol–water partition coefficient (Wildman–Crippen LogP) is 4.21. The lowest BCUT2D eigenvalue weighted by Gasteiger charge is -2.18. The van der Waals surface area contributed by atoms with Crippen LogP contribution in [0.5, 0.6) is 5.75 Å². The molecule has 5 nitrogen and oxygen atoms in total. The van der Waals surface area contributed by atoms with E-state index in [-0.39, 0.29) is 6.61 Å². The highest BCUT2D eigenvalue weighted by Gasteiger charge is 2.37. The topological polar surface area (TPSA) is 55.8 Å². The Kier molecular flexibility index (Phi) is 5.69. The van der Waals surface area contributed by atoms with Gasteiger partial charge in [0, 0.05) is 6.08 Å². The Bertz CT molecular complexity index is 801. The van der Waals surface area contributed by atoms with Gasteiger partial charge in [0.25, 0.3) is 5.91 Å². The molecule has 2 amide bonds. The molecule has 1 aliphatic heterocycles. The number of ether oxygens (including phenoxy) is 2. The van der Waals surface area contributed by atoms with Gasteiger partial charge in [0.15, 0.2) is 0 Å². The van der Waals surface area contributed by atoms with Gasteiger partial charge in [-0.05, 0) is 35.8 Å². The fourth-order valence-corrected chi connectivity index (χ4v) is 2.76. The van der Waals surface area contributed by atoms with Crippen LogP contribution in [-0.4, -0.2) is 30.1 Å². The molecule has 1 heterocycles. The summed E-state index contributed by atoms with van der Waals surface area (Å²) in [7, 11) is 0. The summed E-state index contributed by atoms with van der Waals surface area (Å²) in [5.41, 5.74) is 1.70. The van der Waals surface area contributed by atoms with E-state index >= 15 is 0 Å². The molecule has 0 unspecified atom stereocenters. The maximum atomic E-state index is 12.6. The molecule has 1 atom stereocenters. The molecule has 2 aromatic carbocycles. The van der Waals surface area contributed by atoms with E-state index in [0.29, 0.717) is 6.61 Å². The van der Waals surface area contributed by atoms with E-state index in [1.54, 1.807) is 6.08 Å². The summed E-state index contributed by atoms with van der Waals surface area (Å²) >= 11 is 0. The fourth-order valence-electron chi connectivity index (χ4n) is 2.76. The molecule has 5 heteroatoms. The predicted molar refractivity (Wildman–Crippen MR) is 98.6 cm³/mol. The van der Waals surface area contributed by atoms with Crippen LogP contribution in [0.25, 0.3) is 6.08 Å². The van der Waals surface area contributed by atoms with Gasteiger partial charge in [-0.25, -0.2) is 9.69 Å². The molecule has 134 valence electrons. The van der Waals surface area contributed by atoms with Crippen LogP contribution in [0.4, 0.5) is 4.79 Å². The normalized spacial score (nSPS) is 16.7. The molecular weight excluding hydrogens is 330 g/mol. The molecule has 1 saturated heterocycles. The highest BCUT2D eigenvalue weighted by Crippen LogP contribution is 2.28. The molecule has 0 spiro atoms. The van der Waals surface area contributed by atoms with Crippen LogP contribution in [0.2, 0.25) is 0 Å². The molecule has 0 bridgehead atoms. The number of benzene rings is 2. The van der Waals surface area contributed by atoms with E-state index in [2.05, 4.69) is 0 Å². The minimum Gasteiger partial charge on any atom is -0.494 e. The van der Waals surface area contributed by atoms with Crippen LogP contribution < -0.4 is 4.74 Å². The van der Waals surface area contributed by atoms with Crippen LogP contribution in [0.3, 0.4) is 0 Å². The van der Waals surface area contributed by atoms with Crippen LogP contribution in [0, 0.1) is 0 Å². The van der Waals surface area contributed by atoms with Crippen molar-refractivity contribution in [3.8, 4) is 5.75 Å². The highest BCUT2D eigenvalue weighted by atomic mass is 16.6. The summed E-state index contributed by atoms with van der Waals surface area (Å²) in [6.07, 6.45) is 3.38. The second kappa shape index (κ2) is 8.34. The van der Waals surface area contributed by atoms with Crippen molar-refractivity contribution < 1.29 is 19.1 Å². The lowest BCUT2D eigenvalue weighted by atomic mass is 10.1. The van der Waals surface area contributed by atoms with Crippen molar-refractivity contribution in [2.75, 3.05) is 13.2 Å². The quantitative estimate of drug-likeness (QED) is 0.732. The van der Waals surface area contributed by atoms with Gasteiger partial charge >= 0.3 is 6.09 Å². The van der Waals surface area contributed by atoms with Gasteiger partial charge in [-0.3, -0.25) is 4.79 Å². The molecule has 0 aliphatic carbocycles. The van der Waals surface area contributed by atoms with Gasteiger partial charge in [-0.15, -0.1) is 0 Å². The first kappa shape index (κ1) is 17.7. The first-order valence-corrected chi connectivity index (χ1v) is 8.65. The molecule has 2 aromatic rings. The zero-order valence-electron chi connectivity index (χ0n) is 14.6. The second-order valence-corrected chi connectivity index (χ2v) is 5.97. The van der Waals surface area contributed by atoms with Gasteiger partial charge in [-0.1, -0.05) is 49.4 Å². The monoisotopic (exact) mass is 351 g/mol. The number of nitrogens with zero attached hydrogens (tertiary/aromatic N) is 1. The molecule has 0 aromatic heterocycles.